The van der Waals surface area contributed by atoms with Gasteiger partial charge in [0.1, 0.15) is 11.5 Å². The zero-order valence-electron chi connectivity index (χ0n) is 9.62. The highest BCUT2D eigenvalue weighted by molar-refractivity contribution is 6.05. The van der Waals surface area contributed by atoms with Gasteiger partial charge in [0.15, 0.2) is 0 Å². The molecular weight excluding hydrogens is 248 g/mol. The number of furan rings is 1. The van der Waals surface area contributed by atoms with Crippen LogP contribution in [-0.2, 0) is 4.74 Å². The van der Waals surface area contributed by atoms with Crippen molar-refractivity contribution >= 4 is 23.8 Å². The first-order valence-corrected chi connectivity index (χ1v) is 5.51. The summed E-state index contributed by atoms with van der Waals surface area (Å²) in [7, 11) is 0. The molecule has 3 rings (SSSR count). The summed E-state index contributed by atoms with van der Waals surface area (Å²) < 4.78 is 10.2. The molecule has 0 amide bonds. The molecule has 1 aromatic heterocycles. The van der Waals surface area contributed by atoms with Crippen LogP contribution in [0, 0.1) is 0 Å². The summed E-state index contributed by atoms with van der Waals surface area (Å²) >= 11 is 0. The lowest BCUT2D eigenvalue weighted by Gasteiger charge is -1.96. The van der Waals surface area contributed by atoms with Crippen LogP contribution in [0.15, 0.2) is 40.8 Å². The minimum absolute atomic E-state index is 0.163. The summed E-state index contributed by atoms with van der Waals surface area (Å²) in [6.07, 6.45) is 1.50. The first-order valence-electron chi connectivity index (χ1n) is 5.51. The maximum absolute atomic E-state index is 11.6. The van der Waals surface area contributed by atoms with Gasteiger partial charge < -0.3 is 14.3 Å². The normalized spacial score (nSPS) is 15.4. The molecule has 0 spiro atoms. The second-order valence-corrected chi connectivity index (χ2v) is 3.95. The van der Waals surface area contributed by atoms with E-state index in [0.717, 1.165) is 0 Å². The number of ether oxygens (including phenoxy) is 1. The molecular formula is C14H8O5. The van der Waals surface area contributed by atoms with Crippen molar-refractivity contribution < 1.29 is 23.8 Å². The van der Waals surface area contributed by atoms with E-state index in [4.69, 9.17) is 14.3 Å². The quantitative estimate of drug-likeness (QED) is 0.836. The smallest absolute Gasteiger partial charge is 0.371 e. The molecule has 0 aliphatic carbocycles. The summed E-state index contributed by atoms with van der Waals surface area (Å²) in [5.74, 6) is -1.06. The Hall–Kier alpha value is -2.82. The molecule has 19 heavy (non-hydrogen) atoms. The average Bonchev–Trinajstić information content (AvgIpc) is 2.97. The van der Waals surface area contributed by atoms with E-state index in [1.54, 1.807) is 24.3 Å². The van der Waals surface area contributed by atoms with E-state index in [2.05, 4.69) is 0 Å². The molecule has 1 aliphatic rings. The average molecular weight is 256 g/mol. The summed E-state index contributed by atoms with van der Waals surface area (Å²) in [4.78, 5) is 22.3. The van der Waals surface area contributed by atoms with Crippen molar-refractivity contribution in [2.75, 3.05) is 0 Å². The van der Waals surface area contributed by atoms with Crippen molar-refractivity contribution in [3.05, 3.63) is 59.0 Å². The number of cyclic esters (lactones) is 1. The molecule has 0 radical (unpaired) electrons. The van der Waals surface area contributed by atoms with Gasteiger partial charge in [0.2, 0.25) is 5.76 Å². The lowest BCUT2D eigenvalue weighted by atomic mass is 10.1. The standard InChI is InChI=1S/C14H8O5/c15-13(16)11-6-5-8(18-11)7-12-9-3-1-2-4-10(9)14(17)19-12/h1-7H,(H,15,16)/b12-7-. The first-order chi connectivity index (χ1) is 9.15. The van der Waals surface area contributed by atoms with Crippen LogP contribution in [0.1, 0.15) is 32.2 Å². The van der Waals surface area contributed by atoms with E-state index in [9.17, 15) is 9.59 Å². The third-order valence-corrected chi connectivity index (χ3v) is 2.73. The Morgan fingerprint density at radius 2 is 1.84 bits per heavy atom. The molecule has 0 saturated heterocycles. The Bertz CT molecular complexity index is 708. The van der Waals surface area contributed by atoms with Gasteiger partial charge in [-0.15, -0.1) is 0 Å². The van der Waals surface area contributed by atoms with E-state index in [1.807, 2.05) is 0 Å². The van der Waals surface area contributed by atoms with E-state index in [0.29, 0.717) is 22.6 Å². The van der Waals surface area contributed by atoms with Crippen LogP contribution in [0.5, 0.6) is 0 Å². The number of carboxylic acids is 1. The lowest BCUT2D eigenvalue weighted by Crippen LogP contribution is -1.92. The molecule has 1 aliphatic heterocycles. The molecule has 0 unspecified atom stereocenters. The van der Waals surface area contributed by atoms with Gasteiger partial charge in [0.05, 0.1) is 5.56 Å². The minimum Gasteiger partial charge on any atom is -0.475 e. The second kappa shape index (κ2) is 4.13. The van der Waals surface area contributed by atoms with E-state index in [1.165, 1.54) is 18.2 Å². The molecule has 0 fully saturated rings. The molecule has 5 heteroatoms. The van der Waals surface area contributed by atoms with Crippen molar-refractivity contribution in [1.82, 2.24) is 0 Å². The highest BCUT2D eigenvalue weighted by Crippen LogP contribution is 2.31. The molecule has 0 saturated carbocycles. The topological polar surface area (TPSA) is 76.7 Å². The predicted octanol–water partition coefficient (Wildman–Crippen LogP) is 2.65. The fourth-order valence-corrected chi connectivity index (χ4v) is 1.87. The molecule has 2 aromatic rings. The number of rotatable bonds is 2. The van der Waals surface area contributed by atoms with Crippen LogP contribution in [0.25, 0.3) is 11.8 Å². The molecule has 1 N–H and O–H groups in total. The fraction of sp³-hybridized carbons (Fsp3) is 0. The number of fused-ring (bicyclic) bond motifs is 1. The van der Waals surface area contributed by atoms with Crippen LogP contribution in [-0.4, -0.2) is 17.0 Å². The van der Waals surface area contributed by atoms with Gasteiger partial charge in [-0.05, 0) is 18.2 Å². The van der Waals surface area contributed by atoms with Crippen LogP contribution in [0.3, 0.4) is 0 Å². The number of hydrogen-bond donors (Lipinski definition) is 1. The lowest BCUT2D eigenvalue weighted by molar-refractivity contribution is 0.0659. The zero-order chi connectivity index (χ0) is 13.4. The van der Waals surface area contributed by atoms with Crippen LogP contribution >= 0.6 is 0 Å². The van der Waals surface area contributed by atoms with Crippen LogP contribution in [0.4, 0.5) is 0 Å². The van der Waals surface area contributed by atoms with Crippen molar-refractivity contribution in [3.8, 4) is 0 Å². The Kier molecular flexibility index (Phi) is 2.45. The Balaban J connectivity index is 2.01. The van der Waals surface area contributed by atoms with E-state index in [-0.39, 0.29) is 5.76 Å². The largest absolute Gasteiger partial charge is 0.475 e. The van der Waals surface area contributed by atoms with Crippen LogP contribution in [0.2, 0.25) is 0 Å². The number of carbonyl (C=O) groups excluding carboxylic acids is 1. The van der Waals surface area contributed by atoms with Crippen molar-refractivity contribution in [2.45, 2.75) is 0 Å². The summed E-state index contributed by atoms with van der Waals surface area (Å²) in [6.45, 7) is 0. The summed E-state index contributed by atoms with van der Waals surface area (Å²) in [6, 6.07) is 9.82. The van der Waals surface area contributed by atoms with Gasteiger partial charge in [0, 0.05) is 11.6 Å². The Labute approximate surface area is 107 Å². The van der Waals surface area contributed by atoms with Gasteiger partial charge in [-0.2, -0.15) is 0 Å². The zero-order valence-corrected chi connectivity index (χ0v) is 9.62. The molecule has 5 nitrogen and oxygen atoms in total. The molecule has 1 aromatic carbocycles. The Morgan fingerprint density at radius 3 is 2.53 bits per heavy atom. The highest BCUT2D eigenvalue weighted by Gasteiger charge is 2.26. The number of benzene rings is 1. The van der Waals surface area contributed by atoms with E-state index >= 15 is 0 Å². The van der Waals surface area contributed by atoms with Crippen molar-refractivity contribution in [1.29, 1.82) is 0 Å². The third kappa shape index (κ3) is 1.91. The van der Waals surface area contributed by atoms with Gasteiger partial charge >= 0.3 is 11.9 Å². The van der Waals surface area contributed by atoms with Crippen molar-refractivity contribution in [2.24, 2.45) is 0 Å². The number of carboxylic acid groups (broad SMARTS) is 1. The van der Waals surface area contributed by atoms with Gasteiger partial charge in [0.25, 0.3) is 0 Å². The van der Waals surface area contributed by atoms with Gasteiger partial charge in [-0.3, -0.25) is 0 Å². The van der Waals surface area contributed by atoms with Crippen LogP contribution < -0.4 is 0 Å². The summed E-state index contributed by atoms with van der Waals surface area (Å²) in [5, 5.41) is 8.76. The van der Waals surface area contributed by atoms with E-state index < -0.39 is 11.9 Å². The molecule has 94 valence electrons. The first kappa shape index (κ1) is 11.3. The number of hydrogen-bond acceptors (Lipinski definition) is 4. The molecule has 0 bridgehead atoms. The second-order valence-electron chi connectivity index (χ2n) is 3.95. The fourth-order valence-electron chi connectivity index (χ4n) is 1.87. The minimum atomic E-state index is -1.14. The molecule has 0 atom stereocenters. The maximum atomic E-state index is 11.6. The van der Waals surface area contributed by atoms with Gasteiger partial charge in [-0.25, -0.2) is 9.59 Å². The third-order valence-electron chi connectivity index (χ3n) is 2.73. The van der Waals surface area contributed by atoms with Crippen molar-refractivity contribution in [3.63, 3.8) is 0 Å². The Morgan fingerprint density at radius 1 is 1.11 bits per heavy atom. The number of carbonyl (C=O) groups is 2. The maximum Gasteiger partial charge on any atom is 0.371 e. The summed E-state index contributed by atoms with van der Waals surface area (Å²) in [5.41, 5.74) is 1.15. The highest BCUT2D eigenvalue weighted by atomic mass is 16.5. The number of aromatic carboxylic acids is 1. The predicted molar refractivity (Wildman–Crippen MR) is 65.4 cm³/mol. The number of esters is 1. The molecule has 2 heterocycles. The van der Waals surface area contributed by atoms with Gasteiger partial charge in [-0.1, -0.05) is 18.2 Å². The SMILES string of the molecule is O=C(O)c1ccc(/C=C2\OC(=O)c3ccccc32)o1. The monoisotopic (exact) mass is 256 g/mol.